The fraction of sp³-hybridized carbons (Fsp3) is 0.500. The lowest BCUT2D eigenvalue weighted by atomic mass is 10.1. The van der Waals surface area contributed by atoms with Gasteiger partial charge >= 0.3 is 0 Å². The van der Waals surface area contributed by atoms with Gasteiger partial charge in [-0.15, -0.1) is 11.3 Å². The van der Waals surface area contributed by atoms with Crippen LogP contribution < -0.4 is 11.1 Å². The van der Waals surface area contributed by atoms with Crippen molar-refractivity contribution in [2.24, 2.45) is 0 Å². The van der Waals surface area contributed by atoms with Gasteiger partial charge in [0.15, 0.2) is 0 Å². The van der Waals surface area contributed by atoms with Gasteiger partial charge in [-0.3, -0.25) is 4.79 Å². The molecule has 1 aliphatic heterocycles. The summed E-state index contributed by atoms with van der Waals surface area (Å²) in [6, 6.07) is 0. The molecule has 6 nitrogen and oxygen atoms in total. The molecule has 7 heteroatoms. The number of fused-ring (bicyclic) bond motifs is 1. The minimum Gasteiger partial charge on any atom is -0.396 e. The summed E-state index contributed by atoms with van der Waals surface area (Å²) in [4.78, 5) is 24.2. The number of anilines is 1. The van der Waals surface area contributed by atoms with Gasteiger partial charge in [-0.05, 0) is 25.9 Å². The highest BCUT2D eigenvalue weighted by atomic mass is 32.1. The maximum absolute atomic E-state index is 12.2. The number of hydrogen-bond donors (Lipinski definition) is 2. The van der Waals surface area contributed by atoms with Crippen LogP contribution in [0.5, 0.6) is 0 Å². The van der Waals surface area contributed by atoms with Gasteiger partial charge in [0, 0.05) is 25.5 Å². The number of rotatable bonds is 4. The van der Waals surface area contributed by atoms with Crippen LogP contribution in [0.15, 0.2) is 12.4 Å². The minimum atomic E-state index is -0.130. The second-order valence-corrected chi connectivity index (χ2v) is 6.21. The molecule has 3 heterocycles. The van der Waals surface area contributed by atoms with E-state index in [9.17, 15) is 4.79 Å². The first-order valence-electron chi connectivity index (χ1n) is 7.25. The van der Waals surface area contributed by atoms with Crippen molar-refractivity contribution in [2.45, 2.75) is 19.3 Å². The molecule has 1 aliphatic rings. The largest absolute Gasteiger partial charge is 0.396 e. The zero-order chi connectivity index (χ0) is 14.7. The van der Waals surface area contributed by atoms with Crippen LogP contribution in [0.3, 0.4) is 0 Å². The average molecular weight is 305 g/mol. The number of piperidine rings is 1. The highest BCUT2D eigenvalue weighted by molar-refractivity contribution is 7.21. The first-order chi connectivity index (χ1) is 10.3. The lowest BCUT2D eigenvalue weighted by Gasteiger charge is -2.26. The molecular weight excluding hydrogens is 286 g/mol. The Morgan fingerprint density at radius 2 is 2.05 bits per heavy atom. The second-order valence-electron chi connectivity index (χ2n) is 5.21. The third-order valence-electron chi connectivity index (χ3n) is 3.73. The standard InChI is InChI=1S/C14H19N5OS/c15-10-11-14(18-5-4-16-11)21-12(10)13(20)17-6-9-19-7-2-1-3-8-19/h4-5H,1-3,6-9,15H2,(H,17,20). The number of nitrogens with zero attached hydrogens (tertiary/aromatic N) is 3. The molecule has 1 fully saturated rings. The summed E-state index contributed by atoms with van der Waals surface area (Å²) >= 11 is 1.29. The lowest BCUT2D eigenvalue weighted by molar-refractivity contribution is 0.0951. The monoisotopic (exact) mass is 305 g/mol. The number of nitrogen functional groups attached to an aromatic ring is 1. The van der Waals surface area contributed by atoms with Gasteiger partial charge in [-0.25, -0.2) is 9.97 Å². The zero-order valence-corrected chi connectivity index (χ0v) is 12.7. The van der Waals surface area contributed by atoms with Gasteiger partial charge in [-0.1, -0.05) is 6.42 Å². The lowest BCUT2D eigenvalue weighted by Crippen LogP contribution is -2.37. The molecule has 3 rings (SSSR count). The van der Waals surface area contributed by atoms with Gasteiger partial charge in [-0.2, -0.15) is 0 Å². The van der Waals surface area contributed by atoms with Crippen molar-refractivity contribution in [3.63, 3.8) is 0 Å². The quantitative estimate of drug-likeness (QED) is 0.894. The Labute approximate surface area is 127 Å². The smallest absolute Gasteiger partial charge is 0.263 e. The summed E-state index contributed by atoms with van der Waals surface area (Å²) in [5.74, 6) is -0.130. The summed E-state index contributed by atoms with van der Waals surface area (Å²) in [5, 5.41) is 2.94. The van der Waals surface area contributed by atoms with E-state index in [0.717, 1.165) is 19.6 Å². The van der Waals surface area contributed by atoms with E-state index in [1.54, 1.807) is 12.4 Å². The third kappa shape index (κ3) is 3.14. The number of thiophene rings is 1. The molecule has 0 radical (unpaired) electrons. The SMILES string of the molecule is Nc1c(C(=O)NCCN2CCCCC2)sc2nccnc12. The number of carbonyl (C=O) groups is 1. The molecule has 1 saturated heterocycles. The van der Waals surface area contributed by atoms with E-state index in [1.165, 1.54) is 30.6 Å². The Morgan fingerprint density at radius 3 is 2.81 bits per heavy atom. The molecule has 0 aromatic carbocycles. The fourth-order valence-electron chi connectivity index (χ4n) is 2.60. The molecule has 0 spiro atoms. The topological polar surface area (TPSA) is 84.1 Å². The van der Waals surface area contributed by atoms with Crippen LogP contribution in [0.25, 0.3) is 10.3 Å². The Hall–Kier alpha value is -1.73. The normalized spacial score (nSPS) is 16.2. The molecule has 3 N–H and O–H groups in total. The van der Waals surface area contributed by atoms with E-state index >= 15 is 0 Å². The highest BCUT2D eigenvalue weighted by Gasteiger charge is 2.18. The van der Waals surface area contributed by atoms with E-state index in [0.29, 0.717) is 27.5 Å². The number of likely N-dealkylation sites (tertiary alicyclic amines) is 1. The van der Waals surface area contributed by atoms with Crippen LogP contribution in [-0.2, 0) is 0 Å². The summed E-state index contributed by atoms with van der Waals surface area (Å²) in [7, 11) is 0. The van der Waals surface area contributed by atoms with E-state index in [1.807, 2.05) is 0 Å². The van der Waals surface area contributed by atoms with Gasteiger partial charge in [0.25, 0.3) is 5.91 Å². The number of hydrogen-bond acceptors (Lipinski definition) is 6. The predicted molar refractivity (Wildman–Crippen MR) is 84.5 cm³/mol. The Kier molecular flexibility index (Phi) is 4.31. The van der Waals surface area contributed by atoms with Crippen molar-refractivity contribution in [3.8, 4) is 0 Å². The number of nitrogens with two attached hydrogens (primary N) is 1. The molecule has 21 heavy (non-hydrogen) atoms. The van der Waals surface area contributed by atoms with Crippen molar-refractivity contribution >= 4 is 33.3 Å². The van der Waals surface area contributed by atoms with Gasteiger partial charge < -0.3 is 16.0 Å². The van der Waals surface area contributed by atoms with Gasteiger partial charge in [0.2, 0.25) is 0 Å². The summed E-state index contributed by atoms with van der Waals surface area (Å²) in [6.45, 7) is 3.81. The molecule has 112 valence electrons. The zero-order valence-electron chi connectivity index (χ0n) is 11.8. The molecule has 0 atom stereocenters. The Bertz CT molecular complexity index is 635. The van der Waals surface area contributed by atoms with Crippen LogP contribution in [-0.4, -0.2) is 47.0 Å². The Balaban J connectivity index is 1.60. The number of amides is 1. The number of carbonyl (C=O) groups excluding carboxylic acids is 1. The van der Waals surface area contributed by atoms with Crippen molar-refractivity contribution in [1.29, 1.82) is 0 Å². The van der Waals surface area contributed by atoms with E-state index in [-0.39, 0.29) is 5.91 Å². The Morgan fingerprint density at radius 1 is 1.29 bits per heavy atom. The van der Waals surface area contributed by atoms with Crippen LogP contribution in [0, 0.1) is 0 Å². The van der Waals surface area contributed by atoms with Gasteiger partial charge in [0.1, 0.15) is 15.2 Å². The van der Waals surface area contributed by atoms with E-state index in [2.05, 4.69) is 20.2 Å². The van der Waals surface area contributed by atoms with Crippen molar-refractivity contribution in [3.05, 3.63) is 17.3 Å². The average Bonchev–Trinajstić information content (AvgIpc) is 2.86. The molecule has 0 aliphatic carbocycles. The molecule has 1 amide bonds. The fourth-order valence-corrected chi connectivity index (χ4v) is 3.54. The van der Waals surface area contributed by atoms with E-state index in [4.69, 9.17) is 5.73 Å². The van der Waals surface area contributed by atoms with Crippen molar-refractivity contribution < 1.29 is 4.79 Å². The summed E-state index contributed by atoms with van der Waals surface area (Å²) < 4.78 is 0. The summed E-state index contributed by atoms with van der Waals surface area (Å²) in [6.07, 6.45) is 7.03. The third-order valence-corrected chi connectivity index (χ3v) is 4.83. The maximum atomic E-state index is 12.2. The van der Waals surface area contributed by atoms with Crippen LogP contribution in [0.2, 0.25) is 0 Å². The van der Waals surface area contributed by atoms with Crippen LogP contribution in [0.4, 0.5) is 5.69 Å². The van der Waals surface area contributed by atoms with Gasteiger partial charge in [0.05, 0.1) is 5.69 Å². The van der Waals surface area contributed by atoms with Crippen LogP contribution >= 0.6 is 11.3 Å². The molecule has 0 bridgehead atoms. The highest BCUT2D eigenvalue weighted by Crippen LogP contribution is 2.30. The predicted octanol–water partition coefficient (Wildman–Crippen LogP) is 1.49. The molecule has 0 unspecified atom stereocenters. The van der Waals surface area contributed by atoms with Crippen molar-refractivity contribution in [1.82, 2.24) is 20.2 Å². The van der Waals surface area contributed by atoms with E-state index < -0.39 is 0 Å². The number of nitrogens with one attached hydrogen (secondary N) is 1. The number of aromatic nitrogens is 2. The minimum absolute atomic E-state index is 0.130. The molecule has 2 aromatic rings. The second kappa shape index (κ2) is 6.36. The molecule has 0 saturated carbocycles. The first kappa shape index (κ1) is 14.2. The maximum Gasteiger partial charge on any atom is 0.263 e. The molecule has 2 aromatic heterocycles. The summed E-state index contributed by atoms with van der Waals surface area (Å²) in [5.41, 5.74) is 7.03. The van der Waals surface area contributed by atoms with Crippen LogP contribution in [0.1, 0.15) is 28.9 Å². The molecular formula is C14H19N5OS. The van der Waals surface area contributed by atoms with Crippen molar-refractivity contribution in [2.75, 3.05) is 31.9 Å². The first-order valence-corrected chi connectivity index (χ1v) is 8.07.